The van der Waals surface area contributed by atoms with Crippen molar-refractivity contribution in [1.82, 2.24) is 10.0 Å². The normalized spacial score (nSPS) is 22.8. The van der Waals surface area contributed by atoms with Gasteiger partial charge < -0.3 is 10.1 Å². The van der Waals surface area contributed by atoms with Crippen LogP contribution in [-0.2, 0) is 10.0 Å². The Bertz CT molecular complexity index is 614. The van der Waals surface area contributed by atoms with Crippen molar-refractivity contribution < 1.29 is 13.2 Å². The van der Waals surface area contributed by atoms with E-state index in [9.17, 15) is 8.42 Å². The van der Waals surface area contributed by atoms with Crippen LogP contribution in [0.3, 0.4) is 0 Å². The molecule has 1 heterocycles. The fraction of sp³-hybridized carbons (Fsp3) is 0.625. The molecular formula is C16H26N2O3S. The molecule has 1 saturated heterocycles. The van der Waals surface area contributed by atoms with Gasteiger partial charge in [-0.15, -0.1) is 0 Å². The first-order valence-electron chi connectivity index (χ1n) is 7.80. The van der Waals surface area contributed by atoms with Crippen LogP contribution in [-0.4, -0.2) is 33.7 Å². The molecule has 1 aromatic carbocycles. The van der Waals surface area contributed by atoms with Crippen molar-refractivity contribution in [2.45, 2.75) is 51.2 Å². The van der Waals surface area contributed by atoms with Crippen molar-refractivity contribution in [3.05, 3.63) is 23.8 Å². The number of hydrogen-bond donors (Lipinski definition) is 2. The summed E-state index contributed by atoms with van der Waals surface area (Å²) in [7, 11) is -3.51. The molecule has 1 aromatic rings. The van der Waals surface area contributed by atoms with E-state index in [-0.39, 0.29) is 12.1 Å². The van der Waals surface area contributed by atoms with E-state index in [1.807, 2.05) is 20.8 Å². The summed E-state index contributed by atoms with van der Waals surface area (Å²) in [6.07, 6.45) is 1.04. The van der Waals surface area contributed by atoms with E-state index < -0.39 is 10.0 Å². The number of benzene rings is 1. The molecule has 0 aliphatic carbocycles. The number of nitrogens with one attached hydrogen (secondary N) is 2. The maximum Gasteiger partial charge on any atom is 0.240 e. The molecule has 0 aromatic heterocycles. The van der Waals surface area contributed by atoms with Gasteiger partial charge in [-0.2, -0.15) is 0 Å². The van der Waals surface area contributed by atoms with Crippen molar-refractivity contribution in [2.75, 3.05) is 13.1 Å². The number of sulfonamides is 1. The van der Waals surface area contributed by atoms with E-state index in [2.05, 4.69) is 17.0 Å². The van der Waals surface area contributed by atoms with Gasteiger partial charge in [-0.05, 0) is 63.4 Å². The molecule has 1 fully saturated rings. The third-order valence-electron chi connectivity index (χ3n) is 3.95. The summed E-state index contributed by atoms with van der Waals surface area (Å²) in [5.74, 6) is 1.06. The van der Waals surface area contributed by atoms with Crippen LogP contribution in [0.25, 0.3) is 0 Å². The molecule has 2 unspecified atom stereocenters. The van der Waals surface area contributed by atoms with Crippen LogP contribution in [0.2, 0.25) is 0 Å². The zero-order valence-corrected chi connectivity index (χ0v) is 14.5. The van der Waals surface area contributed by atoms with E-state index in [0.717, 1.165) is 24.3 Å². The minimum absolute atomic E-state index is 0.0634. The van der Waals surface area contributed by atoms with Crippen LogP contribution in [0.4, 0.5) is 0 Å². The highest BCUT2D eigenvalue weighted by Crippen LogP contribution is 2.23. The average molecular weight is 326 g/mol. The van der Waals surface area contributed by atoms with E-state index in [0.29, 0.717) is 17.4 Å². The molecule has 6 heteroatoms. The molecule has 0 saturated carbocycles. The highest BCUT2D eigenvalue weighted by molar-refractivity contribution is 7.89. The number of ether oxygens (including phenoxy) is 1. The van der Waals surface area contributed by atoms with Crippen molar-refractivity contribution in [3.63, 3.8) is 0 Å². The number of aryl methyl sites for hydroxylation is 1. The number of piperidine rings is 1. The van der Waals surface area contributed by atoms with Gasteiger partial charge in [-0.3, -0.25) is 0 Å². The van der Waals surface area contributed by atoms with Crippen LogP contribution in [0, 0.1) is 12.8 Å². The lowest BCUT2D eigenvalue weighted by Gasteiger charge is -2.30. The van der Waals surface area contributed by atoms with Gasteiger partial charge in [-0.25, -0.2) is 13.1 Å². The molecule has 0 spiro atoms. The SMILES string of the molecule is Cc1cc(S(=O)(=O)NC2CNCCC2C)ccc1OC(C)C. The molecule has 5 nitrogen and oxygen atoms in total. The van der Waals surface area contributed by atoms with E-state index in [1.54, 1.807) is 18.2 Å². The lowest BCUT2D eigenvalue weighted by molar-refractivity contribution is 0.240. The zero-order chi connectivity index (χ0) is 16.3. The molecule has 0 bridgehead atoms. The second-order valence-electron chi connectivity index (χ2n) is 6.29. The molecule has 22 heavy (non-hydrogen) atoms. The molecule has 2 atom stereocenters. The van der Waals surface area contributed by atoms with E-state index >= 15 is 0 Å². The fourth-order valence-electron chi connectivity index (χ4n) is 2.59. The lowest BCUT2D eigenvalue weighted by atomic mass is 9.96. The summed E-state index contributed by atoms with van der Waals surface area (Å²) >= 11 is 0. The Morgan fingerprint density at radius 2 is 2.09 bits per heavy atom. The van der Waals surface area contributed by atoms with Gasteiger partial charge >= 0.3 is 0 Å². The summed E-state index contributed by atoms with van der Waals surface area (Å²) in [5, 5.41) is 3.23. The lowest BCUT2D eigenvalue weighted by Crippen LogP contribution is -2.50. The first kappa shape index (κ1) is 17.2. The maximum atomic E-state index is 12.6. The van der Waals surface area contributed by atoms with Crippen LogP contribution in [0.5, 0.6) is 5.75 Å². The third-order valence-corrected chi connectivity index (χ3v) is 5.44. The number of rotatable bonds is 5. The summed E-state index contributed by atoms with van der Waals surface area (Å²) in [4.78, 5) is 0.291. The standard InChI is InChI=1S/C16H26N2O3S/c1-11(2)21-16-6-5-14(9-13(16)4)22(19,20)18-15-10-17-8-7-12(15)3/h5-6,9,11-12,15,17-18H,7-8,10H2,1-4H3. The number of hydrogen-bond acceptors (Lipinski definition) is 4. The monoisotopic (exact) mass is 326 g/mol. The van der Waals surface area contributed by atoms with E-state index in [4.69, 9.17) is 4.74 Å². The Labute approximate surface area is 133 Å². The predicted molar refractivity (Wildman–Crippen MR) is 87.7 cm³/mol. The molecule has 0 radical (unpaired) electrons. The minimum Gasteiger partial charge on any atom is -0.491 e. The van der Waals surface area contributed by atoms with Crippen molar-refractivity contribution in [1.29, 1.82) is 0 Å². The fourth-order valence-corrected chi connectivity index (χ4v) is 4.02. The van der Waals surface area contributed by atoms with Crippen LogP contribution in [0.1, 0.15) is 32.8 Å². The summed E-state index contributed by atoms with van der Waals surface area (Å²) in [6, 6.07) is 4.94. The zero-order valence-electron chi connectivity index (χ0n) is 13.7. The first-order valence-corrected chi connectivity index (χ1v) is 9.28. The smallest absolute Gasteiger partial charge is 0.240 e. The second kappa shape index (κ2) is 6.98. The van der Waals surface area contributed by atoms with Gasteiger partial charge in [0, 0.05) is 12.6 Å². The Hall–Kier alpha value is -1.11. The van der Waals surface area contributed by atoms with Crippen LogP contribution in [0.15, 0.2) is 23.1 Å². The quantitative estimate of drug-likeness (QED) is 0.869. The van der Waals surface area contributed by atoms with Gasteiger partial charge in [0.25, 0.3) is 0 Å². The van der Waals surface area contributed by atoms with Gasteiger partial charge in [0.15, 0.2) is 0 Å². The van der Waals surface area contributed by atoms with Crippen molar-refractivity contribution in [3.8, 4) is 5.75 Å². The Balaban J connectivity index is 2.17. The average Bonchev–Trinajstić information content (AvgIpc) is 2.43. The Kier molecular flexibility index (Phi) is 5.47. The van der Waals surface area contributed by atoms with Crippen molar-refractivity contribution in [2.24, 2.45) is 5.92 Å². The highest BCUT2D eigenvalue weighted by atomic mass is 32.2. The molecule has 1 aliphatic rings. The maximum absolute atomic E-state index is 12.6. The summed E-state index contributed by atoms with van der Waals surface area (Å²) < 4.78 is 33.6. The first-order chi connectivity index (χ1) is 10.3. The van der Waals surface area contributed by atoms with Gasteiger partial charge in [0.1, 0.15) is 5.75 Å². The highest BCUT2D eigenvalue weighted by Gasteiger charge is 2.26. The van der Waals surface area contributed by atoms with Crippen LogP contribution < -0.4 is 14.8 Å². The second-order valence-corrected chi connectivity index (χ2v) is 8.01. The predicted octanol–water partition coefficient (Wildman–Crippen LogP) is 2.06. The molecule has 2 N–H and O–H groups in total. The van der Waals surface area contributed by atoms with E-state index in [1.165, 1.54) is 0 Å². The molecule has 0 amide bonds. The van der Waals surface area contributed by atoms with Crippen LogP contribution >= 0.6 is 0 Å². The molecule has 1 aliphatic heterocycles. The molecular weight excluding hydrogens is 300 g/mol. The Morgan fingerprint density at radius 3 is 2.68 bits per heavy atom. The molecule has 2 rings (SSSR count). The van der Waals surface area contributed by atoms with Gasteiger partial charge in [0.2, 0.25) is 10.0 Å². The molecule has 124 valence electrons. The van der Waals surface area contributed by atoms with Gasteiger partial charge in [0.05, 0.1) is 11.0 Å². The summed E-state index contributed by atoms with van der Waals surface area (Å²) in [6.45, 7) is 9.46. The minimum atomic E-state index is -3.51. The third kappa shape index (κ3) is 4.21. The van der Waals surface area contributed by atoms with Gasteiger partial charge in [-0.1, -0.05) is 6.92 Å². The Morgan fingerprint density at radius 1 is 1.36 bits per heavy atom. The van der Waals surface area contributed by atoms with Crippen molar-refractivity contribution >= 4 is 10.0 Å². The summed E-state index contributed by atoms with van der Waals surface area (Å²) in [5.41, 5.74) is 0.825. The largest absolute Gasteiger partial charge is 0.491 e. The topological polar surface area (TPSA) is 67.4 Å².